The maximum absolute atomic E-state index is 12.4. The molecule has 1 aliphatic heterocycles. The number of nitriles is 1. The van der Waals surface area contributed by atoms with Gasteiger partial charge in [0, 0.05) is 45.6 Å². The molecule has 5 heterocycles. The summed E-state index contributed by atoms with van der Waals surface area (Å²) in [6.45, 7) is 1.37. The van der Waals surface area contributed by atoms with Crippen molar-refractivity contribution in [2.75, 3.05) is 46.8 Å². The van der Waals surface area contributed by atoms with E-state index in [0.717, 1.165) is 12.8 Å². The molecule has 39 heavy (non-hydrogen) atoms. The van der Waals surface area contributed by atoms with Gasteiger partial charge in [0.15, 0.2) is 17.0 Å². The fourth-order valence-electron chi connectivity index (χ4n) is 4.50. The van der Waals surface area contributed by atoms with Gasteiger partial charge in [-0.1, -0.05) is 0 Å². The number of ether oxygens (including phenoxy) is 3. The van der Waals surface area contributed by atoms with Crippen molar-refractivity contribution in [1.29, 1.82) is 5.26 Å². The lowest BCUT2D eigenvalue weighted by molar-refractivity contribution is 0.0826. The normalized spacial score (nSPS) is 13.6. The summed E-state index contributed by atoms with van der Waals surface area (Å²) in [5, 5.41) is 13.3. The Labute approximate surface area is 225 Å². The first-order valence-corrected chi connectivity index (χ1v) is 12.4. The number of furan rings is 1. The summed E-state index contributed by atoms with van der Waals surface area (Å²) in [6, 6.07) is 9.45. The van der Waals surface area contributed by atoms with E-state index in [9.17, 15) is 10.1 Å². The van der Waals surface area contributed by atoms with E-state index in [1.165, 1.54) is 25.3 Å². The van der Waals surface area contributed by atoms with E-state index in [0.29, 0.717) is 69.8 Å². The predicted octanol–water partition coefficient (Wildman–Crippen LogP) is 4.13. The Balaban J connectivity index is 1.57. The van der Waals surface area contributed by atoms with Crippen LogP contribution in [0.1, 0.15) is 28.9 Å². The monoisotopic (exact) mass is 528 g/mol. The second kappa shape index (κ2) is 11.0. The zero-order valence-electron chi connectivity index (χ0n) is 22.1. The third-order valence-corrected chi connectivity index (χ3v) is 6.52. The van der Waals surface area contributed by atoms with Gasteiger partial charge in [0.1, 0.15) is 28.8 Å². The van der Waals surface area contributed by atoms with Crippen molar-refractivity contribution in [1.82, 2.24) is 19.9 Å². The molecule has 0 spiro atoms. The molecule has 0 bridgehead atoms. The molecule has 0 saturated carbocycles. The lowest BCUT2D eigenvalue weighted by Crippen LogP contribution is -2.28. The van der Waals surface area contributed by atoms with Gasteiger partial charge in [0.05, 0.1) is 42.9 Å². The number of nitrogens with zero attached hydrogens (tertiary/aromatic N) is 5. The van der Waals surface area contributed by atoms with Crippen LogP contribution in [0.25, 0.3) is 33.8 Å². The van der Waals surface area contributed by atoms with Crippen molar-refractivity contribution in [2.45, 2.75) is 18.9 Å². The van der Waals surface area contributed by atoms with Gasteiger partial charge in [0.25, 0.3) is 5.91 Å². The minimum Gasteiger partial charge on any atom is -0.494 e. The number of methoxy groups -OCH3 is 2. The van der Waals surface area contributed by atoms with Crippen LogP contribution in [0, 0.1) is 11.3 Å². The van der Waals surface area contributed by atoms with Crippen molar-refractivity contribution >= 4 is 22.7 Å². The summed E-state index contributed by atoms with van der Waals surface area (Å²) in [6.07, 6.45) is 4.79. The number of rotatable bonds is 7. The van der Waals surface area contributed by atoms with Crippen LogP contribution in [0.4, 0.5) is 5.69 Å². The Morgan fingerprint density at radius 3 is 2.56 bits per heavy atom. The van der Waals surface area contributed by atoms with Crippen molar-refractivity contribution in [3.8, 4) is 40.3 Å². The van der Waals surface area contributed by atoms with Crippen LogP contribution in [-0.2, 0) is 4.74 Å². The SMILES string of the molecule is COc1cc(C(=O)N(C)C)cnc1-c1cc2ncc(OC)c(-c3ccc(NC4CCOCC4)c(C#N)n3)c2o1. The van der Waals surface area contributed by atoms with Gasteiger partial charge in [0.2, 0.25) is 0 Å². The molecule has 200 valence electrons. The molecule has 5 rings (SSSR count). The first kappa shape index (κ1) is 25.9. The predicted molar refractivity (Wildman–Crippen MR) is 144 cm³/mol. The van der Waals surface area contributed by atoms with E-state index >= 15 is 0 Å². The standard InChI is InChI=1S/C28H28N6O5/c1-34(2)28(35)16-11-22(36-3)26(31-14-16)23-12-20-27(39-23)25(24(37-4)15-30-20)19-6-5-18(21(13-29)33-19)32-17-7-9-38-10-8-17/h5-6,11-12,14-15,17,32H,7-10H2,1-4H3. The van der Waals surface area contributed by atoms with Crippen LogP contribution >= 0.6 is 0 Å². The van der Waals surface area contributed by atoms with Crippen molar-refractivity contribution in [3.05, 3.63) is 47.9 Å². The van der Waals surface area contributed by atoms with E-state index < -0.39 is 0 Å². The Morgan fingerprint density at radius 1 is 1.10 bits per heavy atom. The number of aromatic nitrogens is 3. The molecular weight excluding hydrogens is 500 g/mol. The lowest BCUT2D eigenvalue weighted by Gasteiger charge is -2.24. The Hall–Kier alpha value is -4.69. The smallest absolute Gasteiger partial charge is 0.255 e. The van der Waals surface area contributed by atoms with Gasteiger partial charge in [-0.15, -0.1) is 0 Å². The van der Waals surface area contributed by atoms with Crippen LogP contribution in [0.3, 0.4) is 0 Å². The third kappa shape index (κ3) is 5.06. The van der Waals surface area contributed by atoms with Gasteiger partial charge >= 0.3 is 0 Å². The Kier molecular flexibility index (Phi) is 7.29. The zero-order chi connectivity index (χ0) is 27.5. The highest BCUT2D eigenvalue weighted by atomic mass is 16.5. The molecular formula is C28H28N6O5. The second-order valence-electron chi connectivity index (χ2n) is 9.24. The number of pyridine rings is 3. The fourth-order valence-corrected chi connectivity index (χ4v) is 4.50. The number of nitrogens with one attached hydrogen (secondary N) is 1. The van der Waals surface area contributed by atoms with Crippen molar-refractivity contribution < 1.29 is 23.4 Å². The number of hydrogen-bond acceptors (Lipinski definition) is 10. The molecule has 0 atom stereocenters. The van der Waals surface area contributed by atoms with Crippen LogP contribution in [0.15, 0.2) is 41.1 Å². The molecule has 0 unspecified atom stereocenters. The van der Waals surface area contributed by atoms with E-state index in [4.69, 9.17) is 18.6 Å². The second-order valence-corrected chi connectivity index (χ2v) is 9.24. The van der Waals surface area contributed by atoms with Gasteiger partial charge < -0.3 is 28.8 Å². The molecule has 4 aromatic rings. The van der Waals surface area contributed by atoms with Crippen molar-refractivity contribution in [3.63, 3.8) is 0 Å². The van der Waals surface area contributed by atoms with Crippen LogP contribution in [0.5, 0.6) is 11.5 Å². The lowest BCUT2D eigenvalue weighted by atomic mass is 10.1. The van der Waals surface area contributed by atoms with Crippen LogP contribution in [0.2, 0.25) is 0 Å². The minimum absolute atomic E-state index is 0.195. The summed E-state index contributed by atoms with van der Waals surface area (Å²) in [5.74, 6) is 1.02. The molecule has 0 radical (unpaired) electrons. The van der Waals surface area contributed by atoms with Crippen LogP contribution < -0.4 is 14.8 Å². The average molecular weight is 529 g/mol. The van der Waals surface area contributed by atoms with Gasteiger partial charge in [-0.25, -0.2) is 15.0 Å². The third-order valence-electron chi connectivity index (χ3n) is 6.52. The van der Waals surface area contributed by atoms with E-state index in [2.05, 4.69) is 26.3 Å². The minimum atomic E-state index is -0.195. The maximum Gasteiger partial charge on any atom is 0.255 e. The number of fused-ring (bicyclic) bond motifs is 1. The number of carbonyl (C=O) groups is 1. The number of hydrogen-bond donors (Lipinski definition) is 1. The summed E-state index contributed by atoms with van der Waals surface area (Å²) >= 11 is 0. The Morgan fingerprint density at radius 2 is 1.87 bits per heavy atom. The molecule has 1 saturated heterocycles. The molecule has 0 aromatic carbocycles. The van der Waals surface area contributed by atoms with Crippen molar-refractivity contribution in [2.24, 2.45) is 0 Å². The van der Waals surface area contributed by atoms with E-state index in [-0.39, 0.29) is 17.6 Å². The molecule has 11 heteroatoms. The largest absolute Gasteiger partial charge is 0.494 e. The quantitative estimate of drug-likeness (QED) is 0.373. The highest BCUT2D eigenvalue weighted by Gasteiger charge is 2.23. The van der Waals surface area contributed by atoms with Crippen LogP contribution in [-0.4, -0.2) is 73.3 Å². The topological polar surface area (TPSA) is 136 Å². The highest BCUT2D eigenvalue weighted by Crippen LogP contribution is 2.40. The number of amides is 1. The first-order chi connectivity index (χ1) is 18.9. The molecule has 11 nitrogen and oxygen atoms in total. The van der Waals surface area contributed by atoms with E-state index in [1.54, 1.807) is 32.4 Å². The van der Waals surface area contributed by atoms with Gasteiger partial charge in [-0.05, 0) is 31.0 Å². The highest BCUT2D eigenvalue weighted by molar-refractivity contribution is 5.96. The number of carbonyl (C=O) groups excluding carboxylic acids is 1. The molecule has 1 fully saturated rings. The summed E-state index contributed by atoms with van der Waals surface area (Å²) in [7, 11) is 6.38. The van der Waals surface area contributed by atoms with E-state index in [1.807, 2.05) is 12.1 Å². The maximum atomic E-state index is 12.4. The van der Waals surface area contributed by atoms with Gasteiger partial charge in [-0.2, -0.15) is 5.26 Å². The molecule has 1 amide bonds. The first-order valence-electron chi connectivity index (χ1n) is 12.4. The van der Waals surface area contributed by atoms with Gasteiger partial charge in [-0.3, -0.25) is 4.79 Å². The molecule has 1 aliphatic rings. The molecule has 0 aliphatic carbocycles. The fraction of sp³-hybridized carbons (Fsp3) is 0.321. The molecule has 1 N–H and O–H groups in total. The number of anilines is 1. The average Bonchev–Trinajstić information content (AvgIpc) is 3.40. The zero-order valence-corrected chi connectivity index (χ0v) is 22.1. The summed E-state index contributed by atoms with van der Waals surface area (Å²) in [5.41, 5.74) is 3.76. The summed E-state index contributed by atoms with van der Waals surface area (Å²) < 4.78 is 22.8. The summed E-state index contributed by atoms with van der Waals surface area (Å²) in [4.78, 5) is 27.5. The Bertz CT molecular complexity index is 1570. The molecule has 4 aromatic heterocycles.